The third-order valence-corrected chi connectivity index (χ3v) is 5.48. The van der Waals surface area contributed by atoms with Gasteiger partial charge in [-0.3, -0.25) is 4.79 Å². The zero-order valence-corrected chi connectivity index (χ0v) is 13.9. The van der Waals surface area contributed by atoms with Crippen molar-refractivity contribution in [2.24, 2.45) is 11.8 Å². The number of nitrogens with one attached hydrogen (secondary N) is 3. The van der Waals surface area contributed by atoms with Crippen LogP contribution in [0, 0.1) is 11.8 Å². The Morgan fingerprint density at radius 2 is 2.08 bits per heavy atom. The van der Waals surface area contributed by atoms with E-state index in [1.54, 1.807) is 0 Å². The Balaban J connectivity index is 1.47. The minimum atomic E-state index is -0.740. The Hall–Kier alpha value is -2.48. The number of aromatic amines is 1. The zero-order valence-electron chi connectivity index (χ0n) is 13.9. The number of aromatic nitrogens is 4. The van der Waals surface area contributed by atoms with Crippen LogP contribution in [0.15, 0.2) is 24.3 Å². The number of benzene rings is 1. The lowest BCUT2D eigenvalue weighted by atomic mass is 9.72. The summed E-state index contributed by atoms with van der Waals surface area (Å²) < 4.78 is 0. The number of hydrogen-bond acceptors (Lipinski definition) is 6. The van der Waals surface area contributed by atoms with Gasteiger partial charge in [0.25, 0.3) is 0 Å². The van der Waals surface area contributed by atoms with Crippen molar-refractivity contribution in [2.45, 2.75) is 37.8 Å². The maximum atomic E-state index is 11.3. The predicted octanol–water partition coefficient (Wildman–Crippen LogP) is 1.51. The minimum absolute atomic E-state index is 0.335. The molecule has 4 rings (SSSR count). The number of aliphatic carboxylic acids is 1. The quantitative estimate of drug-likeness (QED) is 0.665. The van der Waals surface area contributed by atoms with Crippen LogP contribution in [0.2, 0.25) is 0 Å². The van der Waals surface area contributed by atoms with Gasteiger partial charge in [-0.25, -0.2) is 0 Å². The molecule has 0 unspecified atom stereocenters. The van der Waals surface area contributed by atoms with E-state index in [4.69, 9.17) is 0 Å². The van der Waals surface area contributed by atoms with Crippen molar-refractivity contribution >= 4 is 11.7 Å². The average molecular weight is 342 g/mol. The summed E-state index contributed by atoms with van der Waals surface area (Å²) in [5, 5.41) is 30.3. The number of carboxylic acids is 1. The molecule has 1 saturated heterocycles. The normalized spacial score (nSPS) is 29.0. The summed E-state index contributed by atoms with van der Waals surface area (Å²) in [6.07, 6.45) is 3.91. The van der Waals surface area contributed by atoms with Gasteiger partial charge in [0.1, 0.15) is 6.04 Å². The van der Waals surface area contributed by atoms with Gasteiger partial charge in [-0.05, 0) is 61.4 Å². The number of carbonyl (C=O) groups is 1. The molecule has 25 heavy (non-hydrogen) atoms. The molecule has 2 fully saturated rings. The highest BCUT2D eigenvalue weighted by Crippen LogP contribution is 2.37. The molecule has 2 aromatic rings. The first-order chi connectivity index (χ1) is 12.2. The molecule has 1 aliphatic carbocycles. The second-order valence-corrected chi connectivity index (χ2v) is 6.99. The smallest absolute Gasteiger partial charge is 0.320 e. The van der Waals surface area contributed by atoms with Crippen molar-refractivity contribution in [3.8, 4) is 11.4 Å². The van der Waals surface area contributed by atoms with Gasteiger partial charge in [0.15, 0.2) is 0 Å². The number of fused-ring (bicyclic) bond motifs is 1. The number of para-hydroxylation sites is 1. The van der Waals surface area contributed by atoms with E-state index in [1.807, 2.05) is 24.3 Å². The third-order valence-electron chi connectivity index (χ3n) is 5.48. The van der Waals surface area contributed by atoms with E-state index in [0.29, 0.717) is 30.1 Å². The number of nitrogens with zero attached hydrogens (tertiary/aromatic N) is 3. The van der Waals surface area contributed by atoms with Gasteiger partial charge in [0.05, 0.1) is 0 Å². The molecule has 0 radical (unpaired) electrons. The van der Waals surface area contributed by atoms with E-state index >= 15 is 0 Å². The molecule has 1 aliphatic heterocycles. The topological polar surface area (TPSA) is 116 Å². The van der Waals surface area contributed by atoms with Crippen molar-refractivity contribution in [1.29, 1.82) is 0 Å². The summed E-state index contributed by atoms with van der Waals surface area (Å²) in [4.78, 5) is 11.3. The molecule has 8 heteroatoms. The summed E-state index contributed by atoms with van der Waals surface area (Å²) in [6.45, 7) is 0.813. The van der Waals surface area contributed by atoms with Crippen molar-refractivity contribution < 1.29 is 9.90 Å². The van der Waals surface area contributed by atoms with Crippen LogP contribution in [0.25, 0.3) is 11.4 Å². The average Bonchev–Trinajstić information content (AvgIpc) is 3.16. The molecule has 8 nitrogen and oxygen atoms in total. The van der Waals surface area contributed by atoms with Gasteiger partial charge in [-0.2, -0.15) is 5.21 Å². The SMILES string of the molecule is O=C(O)[C@@H]1C[C@H]2C[C@@H](Nc3ccccc3-c3nn[nH]n3)CC[C@H]2CN1. The largest absolute Gasteiger partial charge is 0.480 e. The van der Waals surface area contributed by atoms with E-state index in [0.717, 1.165) is 37.1 Å². The number of tetrazole rings is 1. The number of anilines is 1. The minimum Gasteiger partial charge on any atom is -0.480 e. The van der Waals surface area contributed by atoms with Crippen LogP contribution in [-0.4, -0.2) is 50.3 Å². The highest BCUT2D eigenvalue weighted by atomic mass is 16.4. The summed E-state index contributed by atoms with van der Waals surface area (Å²) in [6, 6.07) is 7.87. The number of H-pyrrole nitrogens is 1. The summed E-state index contributed by atoms with van der Waals surface area (Å²) in [7, 11) is 0. The fraction of sp³-hybridized carbons (Fsp3) is 0.529. The van der Waals surface area contributed by atoms with Crippen LogP contribution < -0.4 is 10.6 Å². The van der Waals surface area contributed by atoms with E-state index in [-0.39, 0.29) is 0 Å². The fourth-order valence-corrected chi connectivity index (χ4v) is 4.18. The fourth-order valence-electron chi connectivity index (χ4n) is 4.18. The Morgan fingerprint density at radius 3 is 2.88 bits per heavy atom. The van der Waals surface area contributed by atoms with Crippen LogP contribution in [0.3, 0.4) is 0 Å². The van der Waals surface area contributed by atoms with Crippen molar-refractivity contribution in [3.63, 3.8) is 0 Å². The standard InChI is InChI=1S/C17H22N6O2/c24-17(25)15-8-11-7-12(6-5-10(11)9-18-15)19-14-4-2-1-3-13(14)16-20-22-23-21-16/h1-4,10-12,15,18-19H,5-9H2,(H,24,25)(H,20,21,22,23)/t10-,11+,12-,15-/m0/s1. The van der Waals surface area contributed by atoms with E-state index in [1.165, 1.54) is 0 Å². The van der Waals surface area contributed by atoms with Crippen LogP contribution >= 0.6 is 0 Å². The molecule has 1 saturated carbocycles. The first-order valence-electron chi connectivity index (χ1n) is 8.76. The molecule has 2 heterocycles. The summed E-state index contributed by atoms with van der Waals surface area (Å²) in [5.74, 6) is 0.868. The van der Waals surface area contributed by atoms with Gasteiger partial charge in [0, 0.05) is 17.3 Å². The second-order valence-electron chi connectivity index (χ2n) is 6.99. The van der Waals surface area contributed by atoms with Crippen LogP contribution in [0.1, 0.15) is 25.7 Å². The number of rotatable bonds is 4. The third kappa shape index (κ3) is 3.34. The molecule has 2 aliphatic rings. The Morgan fingerprint density at radius 1 is 1.20 bits per heavy atom. The Kier molecular flexibility index (Phi) is 4.35. The first-order valence-corrected chi connectivity index (χ1v) is 8.76. The molecule has 0 bridgehead atoms. The van der Waals surface area contributed by atoms with Gasteiger partial charge in [0.2, 0.25) is 5.82 Å². The van der Waals surface area contributed by atoms with Gasteiger partial charge >= 0.3 is 5.97 Å². The lowest BCUT2D eigenvalue weighted by Gasteiger charge is -2.42. The zero-order chi connectivity index (χ0) is 17.2. The number of piperidine rings is 1. The molecule has 1 aromatic carbocycles. The lowest BCUT2D eigenvalue weighted by molar-refractivity contribution is -0.141. The summed E-state index contributed by atoms with van der Waals surface area (Å²) in [5.41, 5.74) is 1.92. The van der Waals surface area contributed by atoms with Gasteiger partial charge in [-0.1, -0.05) is 12.1 Å². The van der Waals surface area contributed by atoms with E-state index in [9.17, 15) is 9.90 Å². The monoisotopic (exact) mass is 342 g/mol. The molecule has 132 valence electrons. The number of hydrogen-bond donors (Lipinski definition) is 4. The van der Waals surface area contributed by atoms with Crippen molar-refractivity contribution in [3.05, 3.63) is 24.3 Å². The predicted molar refractivity (Wildman–Crippen MR) is 91.9 cm³/mol. The highest BCUT2D eigenvalue weighted by Gasteiger charge is 2.37. The van der Waals surface area contributed by atoms with Crippen LogP contribution in [-0.2, 0) is 4.79 Å². The highest BCUT2D eigenvalue weighted by molar-refractivity contribution is 5.74. The molecule has 0 amide bonds. The molecule has 0 spiro atoms. The van der Waals surface area contributed by atoms with Crippen molar-refractivity contribution in [1.82, 2.24) is 25.9 Å². The molecular formula is C17H22N6O2. The molecular weight excluding hydrogens is 320 g/mol. The number of carboxylic acid groups (broad SMARTS) is 1. The second kappa shape index (κ2) is 6.79. The molecule has 4 atom stereocenters. The van der Waals surface area contributed by atoms with Gasteiger partial charge in [-0.15, -0.1) is 10.2 Å². The van der Waals surface area contributed by atoms with Gasteiger partial charge < -0.3 is 15.7 Å². The Labute approximate surface area is 145 Å². The molecule has 4 N–H and O–H groups in total. The van der Waals surface area contributed by atoms with Crippen LogP contribution in [0.4, 0.5) is 5.69 Å². The maximum absolute atomic E-state index is 11.3. The Bertz CT molecular complexity index is 734. The van der Waals surface area contributed by atoms with Crippen LogP contribution in [0.5, 0.6) is 0 Å². The van der Waals surface area contributed by atoms with E-state index in [2.05, 4.69) is 31.3 Å². The first kappa shape index (κ1) is 16.0. The van der Waals surface area contributed by atoms with Crippen molar-refractivity contribution in [2.75, 3.05) is 11.9 Å². The summed E-state index contributed by atoms with van der Waals surface area (Å²) >= 11 is 0. The lowest BCUT2D eigenvalue weighted by Crippen LogP contribution is -2.50. The van der Waals surface area contributed by atoms with E-state index < -0.39 is 12.0 Å². The maximum Gasteiger partial charge on any atom is 0.320 e. The molecule has 1 aromatic heterocycles.